The molecule has 1 aromatic heterocycles. The Morgan fingerprint density at radius 1 is 1.17 bits per heavy atom. The molecule has 0 saturated carbocycles. The van der Waals surface area contributed by atoms with Gasteiger partial charge in [0.15, 0.2) is 0 Å². The summed E-state index contributed by atoms with van der Waals surface area (Å²) in [5.41, 5.74) is 1.02. The average Bonchev–Trinajstić information content (AvgIpc) is 2.20. The van der Waals surface area contributed by atoms with Gasteiger partial charge in [-0.05, 0) is 12.1 Å². The van der Waals surface area contributed by atoms with Gasteiger partial charge in [-0.1, -0.05) is 13.8 Å². The topological polar surface area (TPSA) is 37.0 Å². The number of rotatable bonds is 2. The SMILES string of the molecule is CC.CNc1cccnc1NC. The van der Waals surface area contributed by atoms with Crippen LogP contribution in [0.2, 0.25) is 0 Å². The van der Waals surface area contributed by atoms with Crippen LogP contribution in [0.15, 0.2) is 18.3 Å². The molecule has 0 aromatic carbocycles. The van der Waals surface area contributed by atoms with Gasteiger partial charge in [-0.25, -0.2) is 4.98 Å². The van der Waals surface area contributed by atoms with Gasteiger partial charge in [-0.15, -0.1) is 0 Å². The van der Waals surface area contributed by atoms with E-state index in [-0.39, 0.29) is 0 Å². The Labute approximate surface area is 74.2 Å². The summed E-state index contributed by atoms with van der Waals surface area (Å²) >= 11 is 0. The molecule has 0 unspecified atom stereocenters. The molecule has 0 saturated heterocycles. The molecule has 0 aliphatic heterocycles. The van der Waals surface area contributed by atoms with Crippen molar-refractivity contribution in [2.75, 3.05) is 24.7 Å². The summed E-state index contributed by atoms with van der Waals surface area (Å²) in [4.78, 5) is 4.09. The fourth-order valence-electron chi connectivity index (χ4n) is 0.806. The number of nitrogens with zero attached hydrogens (tertiary/aromatic N) is 1. The summed E-state index contributed by atoms with van der Waals surface area (Å²) in [6.07, 6.45) is 1.76. The number of pyridine rings is 1. The molecular weight excluding hydrogens is 150 g/mol. The second kappa shape index (κ2) is 6.46. The van der Waals surface area contributed by atoms with E-state index >= 15 is 0 Å². The maximum Gasteiger partial charge on any atom is 0.149 e. The molecule has 0 atom stereocenters. The molecule has 1 aromatic rings. The summed E-state index contributed by atoms with van der Waals surface area (Å²) in [7, 11) is 3.72. The van der Waals surface area contributed by atoms with Crippen LogP contribution in [0.5, 0.6) is 0 Å². The van der Waals surface area contributed by atoms with Crippen molar-refractivity contribution in [2.24, 2.45) is 0 Å². The van der Waals surface area contributed by atoms with Gasteiger partial charge in [-0.3, -0.25) is 0 Å². The van der Waals surface area contributed by atoms with E-state index in [1.54, 1.807) is 6.20 Å². The zero-order valence-corrected chi connectivity index (χ0v) is 8.18. The number of aromatic nitrogens is 1. The van der Waals surface area contributed by atoms with Crippen LogP contribution in [0.4, 0.5) is 11.5 Å². The Balaban J connectivity index is 0.000000561. The molecule has 1 heterocycles. The zero-order valence-electron chi connectivity index (χ0n) is 8.18. The van der Waals surface area contributed by atoms with Gasteiger partial charge in [0.1, 0.15) is 5.82 Å². The third-order valence-corrected chi connectivity index (χ3v) is 1.31. The Hall–Kier alpha value is -1.25. The monoisotopic (exact) mass is 167 g/mol. The average molecular weight is 167 g/mol. The molecule has 0 spiro atoms. The zero-order chi connectivity index (χ0) is 9.40. The smallest absolute Gasteiger partial charge is 0.149 e. The highest BCUT2D eigenvalue weighted by molar-refractivity contribution is 5.62. The van der Waals surface area contributed by atoms with Gasteiger partial charge >= 0.3 is 0 Å². The van der Waals surface area contributed by atoms with Crippen molar-refractivity contribution in [3.63, 3.8) is 0 Å². The van der Waals surface area contributed by atoms with Crippen LogP contribution in [-0.4, -0.2) is 19.1 Å². The molecular formula is C9H17N3. The molecule has 0 bridgehead atoms. The first-order chi connectivity index (χ1) is 5.88. The predicted octanol–water partition coefficient (Wildman–Crippen LogP) is 2.19. The lowest BCUT2D eigenvalue weighted by Crippen LogP contribution is -1.97. The lowest BCUT2D eigenvalue weighted by molar-refractivity contribution is 1.27. The van der Waals surface area contributed by atoms with Crippen molar-refractivity contribution in [1.82, 2.24) is 4.98 Å². The molecule has 68 valence electrons. The highest BCUT2D eigenvalue weighted by Gasteiger charge is 1.94. The summed E-state index contributed by atoms with van der Waals surface area (Å²) < 4.78 is 0. The van der Waals surface area contributed by atoms with Gasteiger partial charge in [-0.2, -0.15) is 0 Å². The number of anilines is 2. The standard InChI is InChI=1S/C7H11N3.C2H6/c1-8-6-4-3-5-10-7(6)9-2;1-2/h3-5,8H,1-2H3,(H,9,10);1-2H3. The normalized spacial score (nSPS) is 8.00. The first-order valence-corrected chi connectivity index (χ1v) is 4.19. The maximum absolute atomic E-state index is 4.09. The molecule has 1 rings (SSSR count). The van der Waals surface area contributed by atoms with E-state index in [9.17, 15) is 0 Å². The molecule has 12 heavy (non-hydrogen) atoms. The minimum Gasteiger partial charge on any atom is -0.385 e. The fourth-order valence-corrected chi connectivity index (χ4v) is 0.806. The van der Waals surface area contributed by atoms with Gasteiger partial charge in [0.25, 0.3) is 0 Å². The second-order valence-corrected chi connectivity index (χ2v) is 1.90. The Morgan fingerprint density at radius 3 is 2.25 bits per heavy atom. The molecule has 0 radical (unpaired) electrons. The van der Waals surface area contributed by atoms with Crippen molar-refractivity contribution in [3.8, 4) is 0 Å². The Bertz CT molecular complexity index is 188. The molecule has 0 aliphatic carbocycles. The van der Waals surface area contributed by atoms with Crippen molar-refractivity contribution in [2.45, 2.75) is 13.8 Å². The molecule has 3 heteroatoms. The minimum atomic E-state index is 0.880. The lowest BCUT2D eigenvalue weighted by Gasteiger charge is -2.04. The van der Waals surface area contributed by atoms with Crippen LogP contribution >= 0.6 is 0 Å². The lowest BCUT2D eigenvalue weighted by atomic mass is 10.4. The minimum absolute atomic E-state index is 0.880. The number of hydrogen-bond donors (Lipinski definition) is 2. The maximum atomic E-state index is 4.09. The van der Waals surface area contributed by atoms with Crippen molar-refractivity contribution < 1.29 is 0 Å². The second-order valence-electron chi connectivity index (χ2n) is 1.90. The van der Waals surface area contributed by atoms with Crippen LogP contribution in [0, 0.1) is 0 Å². The van der Waals surface area contributed by atoms with E-state index in [2.05, 4.69) is 15.6 Å². The van der Waals surface area contributed by atoms with Crippen molar-refractivity contribution in [1.29, 1.82) is 0 Å². The van der Waals surface area contributed by atoms with Gasteiger partial charge in [0, 0.05) is 20.3 Å². The van der Waals surface area contributed by atoms with E-state index in [0.29, 0.717) is 0 Å². The quantitative estimate of drug-likeness (QED) is 0.709. The van der Waals surface area contributed by atoms with Gasteiger partial charge < -0.3 is 10.6 Å². The van der Waals surface area contributed by atoms with Crippen molar-refractivity contribution >= 4 is 11.5 Å². The third-order valence-electron chi connectivity index (χ3n) is 1.31. The summed E-state index contributed by atoms with van der Waals surface area (Å²) in [6, 6.07) is 3.87. The summed E-state index contributed by atoms with van der Waals surface area (Å²) in [5.74, 6) is 0.880. The largest absolute Gasteiger partial charge is 0.385 e. The molecule has 0 aliphatic rings. The summed E-state index contributed by atoms with van der Waals surface area (Å²) in [5, 5.41) is 5.99. The number of hydrogen-bond acceptors (Lipinski definition) is 3. The Kier molecular flexibility index (Phi) is 5.79. The van der Waals surface area contributed by atoms with Gasteiger partial charge in [0.05, 0.1) is 5.69 Å². The number of nitrogens with one attached hydrogen (secondary N) is 2. The van der Waals surface area contributed by atoms with E-state index in [4.69, 9.17) is 0 Å². The molecule has 0 amide bonds. The highest BCUT2D eigenvalue weighted by Crippen LogP contribution is 2.14. The van der Waals surface area contributed by atoms with Crippen molar-refractivity contribution in [3.05, 3.63) is 18.3 Å². The van der Waals surface area contributed by atoms with E-state index in [1.165, 1.54) is 0 Å². The van der Waals surface area contributed by atoms with Gasteiger partial charge in [0.2, 0.25) is 0 Å². The van der Waals surface area contributed by atoms with Crippen LogP contribution in [0.1, 0.15) is 13.8 Å². The van der Waals surface area contributed by atoms with E-state index in [0.717, 1.165) is 11.5 Å². The predicted molar refractivity (Wildman–Crippen MR) is 54.7 cm³/mol. The van der Waals surface area contributed by atoms with Crippen LogP contribution < -0.4 is 10.6 Å². The van der Waals surface area contributed by atoms with Crippen LogP contribution in [0.3, 0.4) is 0 Å². The highest BCUT2D eigenvalue weighted by atomic mass is 15.0. The Morgan fingerprint density at radius 2 is 1.83 bits per heavy atom. The first kappa shape index (κ1) is 10.8. The van der Waals surface area contributed by atoms with E-state index in [1.807, 2.05) is 40.1 Å². The van der Waals surface area contributed by atoms with Crippen LogP contribution in [-0.2, 0) is 0 Å². The molecule has 3 nitrogen and oxygen atoms in total. The molecule has 0 fully saturated rings. The fraction of sp³-hybridized carbons (Fsp3) is 0.444. The van der Waals surface area contributed by atoms with E-state index < -0.39 is 0 Å². The summed E-state index contributed by atoms with van der Waals surface area (Å²) in [6.45, 7) is 4.00. The van der Waals surface area contributed by atoms with Crippen LogP contribution in [0.25, 0.3) is 0 Å². The molecule has 2 N–H and O–H groups in total. The first-order valence-electron chi connectivity index (χ1n) is 4.19. The third kappa shape index (κ3) is 2.78.